The lowest BCUT2D eigenvalue weighted by molar-refractivity contribution is 0.669. The number of thiophene rings is 1. The van der Waals surface area contributed by atoms with Crippen LogP contribution in [0.5, 0.6) is 0 Å². The Labute approximate surface area is 357 Å². The first-order chi connectivity index (χ1) is 30.2. The summed E-state index contributed by atoms with van der Waals surface area (Å²) in [7, 11) is 0. The van der Waals surface area contributed by atoms with Crippen LogP contribution in [0, 0.1) is 0 Å². The predicted octanol–water partition coefficient (Wildman–Crippen LogP) is 17.2. The fourth-order valence-corrected chi connectivity index (χ4v) is 10.2. The Kier molecular flexibility index (Phi) is 8.39. The van der Waals surface area contributed by atoms with Crippen molar-refractivity contribution in [3.8, 4) is 44.5 Å². The number of fused-ring (bicyclic) bond motifs is 7. The van der Waals surface area contributed by atoms with Gasteiger partial charge >= 0.3 is 0 Å². The fraction of sp³-hybridized carbons (Fsp3) is 0. The van der Waals surface area contributed by atoms with Crippen LogP contribution in [0.4, 0.5) is 17.1 Å². The Morgan fingerprint density at radius 3 is 1.61 bits per heavy atom. The second-order valence-electron chi connectivity index (χ2n) is 15.7. The molecule has 0 aliphatic rings. The molecule has 12 rings (SSSR count). The molecule has 2 aromatic heterocycles. The van der Waals surface area contributed by atoms with Gasteiger partial charge in [-0.1, -0.05) is 152 Å². The van der Waals surface area contributed by atoms with Crippen LogP contribution >= 0.6 is 11.3 Å². The quantitative estimate of drug-likeness (QED) is 0.160. The van der Waals surface area contributed by atoms with Gasteiger partial charge in [0.1, 0.15) is 11.2 Å². The van der Waals surface area contributed by atoms with E-state index in [1.54, 1.807) is 0 Å². The molecular formula is C58H37NOS. The van der Waals surface area contributed by atoms with Crippen LogP contribution in [0.15, 0.2) is 229 Å². The highest BCUT2D eigenvalue weighted by Gasteiger charge is 2.17. The van der Waals surface area contributed by atoms with Gasteiger partial charge in [-0.25, -0.2) is 0 Å². The number of nitrogens with zero attached hydrogens (tertiary/aromatic N) is 1. The minimum atomic E-state index is 0.906. The van der Waals surface area contributed by atoms with E-state index in [4.69, 9.17) is 4.42 Å². The van der Waals surface area contributed by atoms with E-state index >= 15 is 0 Å². The molecule has 0 unspecified atom stereocenters. The molecule has 0 amide bonds. The summed E-state index contributed by atoms with van der Waals surface area (Å²) >= 11 is 1.86. The lowest BCUT2D eigenvalue weighted by Crippen LogP contribution is -2.09. The predicted molar refractivity (Wildman–Crippen MR) is 261 cm³/mol. The standard InChI is InChI=1S/C58H37NOS/c1-2-14-48-40(10-1)11-8-17-49(48)44-13-7-12-42(36-44)38-22-29-45(30-23-38)59(46-31-24-39(25-32-46)43-28-35-55-53(37-43)51-15-3-5-19-54(51)60-55)47-33-26-41(27-34-47)50-18-9-21-57-58(50)52-16-4-6-20-56(52)61-57/h1-37H. The van der Waals surface area contributed by atoms with Crippen molar-refractivity contribution in [2.75, 3.05) is 4.90 Å². The van der Waals surface area contributed by atoms with Crippen molar-refractivity contribution in [3.63, 3.8) is 0 Å². The Balaban J connectivity index is 0.926. The van der Waals surface area contributed by atoms with Crippen molar-refractivity contribution in [2.24, 2.45) is 0 Å². The number of para-hydroxylation sites is 1. The lowest BCUT2D eigenvalue weighted by atomic mass is 9.95. The maximum Gasteiger partial charge on any atom is 0.135 e. The van der Waals surface area contributed by atoms with E-state index in [1.807, 2.05) is 23.5 Å². The number of anilines is 3. The molecule has 12 aromatic rings. The molecule has 2 heterocycles. The number of rotatable bonds is 7. The van der Waals surface area contributed by atoms with Gasteiger partial charge in [-0.2, -0.15) is 0 Å². The Hall–Kier alpha value is -7.72. The van der Waals surface area contributed by atoms with E-state index in [0.29, 0.717) is 0 Å². The number of hydrogen-bond donors (Lipinski definition) is 0. The van der Waals surface area contributed by atoms with Gasteiger partial charge in [0.25, 0.3) is 0 Å². The molecule has 0 saturated carbocycles. The third kappa shape index (κ3) is 6.18. The Bertz CT molecular complexity index is 3570. The van der Waals surface area contributed by atoms with Gasteiger partial charge < -0.3 is 9.32 Å². The van der Waals surface area contributed by atoms with E-state index in [0.717, 1.165) is 50.1 Å². The summed E-state index contributed by atoms with van der Waals surface area (Å²) in [6, 6.07) is 81.2. The van der Waals surface area contributed by atoms with Crippen molar-refractivity contribution >= 4 is 81.3 Å². The highest BCUT2D eigenvalue weighted by atomic mass is 32.1. The third-order valence-corrected chi connectivity index (χ3v) is 13.2. The third-order valence-electron chi connectivity index (χ3n) is 12.1. The van der Waals surface area contributed by atoms with Gasteiger partial charge in [0.2, 0.25) is 0 Å². The van der Waals surface area contributed by atoms with Gasteiger partial charge in [0.05, 0.1) is 0 Å². The molecule has 0 bridgehead atoms. The van der Waals surface area contributed by atoms with Crippen molar-refractivity contribution in [1.82, 2.24) is 0 Å². The zero-order valence-corrected chi connectivity index (χ0v) is 33.9. The van der Waals surface area contributed by atoms with Crippen molar-refractivity contribution in [3.05, 3.63) is 224 Å². The fourth-order valence-electron chi connectivity index (χ4n) is 9.11. The smallest absolute Gasteiger partial charge is 0.135 e. The minimum absolute atomic E-state index is 0.906. The molecule has 0 spiro atoms. The van der Waals surface area contributed by atoms with E-state index in [9.17, 15) is 0 Å². The average molecular weight is 796 g/mol. The summed E-state index contributed by atoms with van der Waals surface area (Å²) < 4.78 is 8.77. The summed E-state index contributed by atoms with van der Waals surface area (Å²) in [4.78, 5) is 2.36. The first kappa shape index (κ1) is 35.2. The van der Waals surface area contributed by atoms with Crippen LogP contribution in [0.2, 0.25) is 0 Å². The summed E-state index contributed by atoms with van der Waals surface area (Å²) in [5.41, 5.74) is 14.7. The van der Waals surface area contributed by atoms with E-state index in [-0.39, 0.29) is 0 Å². The molecule has 0 atom stereocenters. The van der Waals surface area contributed by atoms with Crippen LogP contribution in [0.3, 0.4) is 0 Å². The number of benzene rings is 10. The Morgan fingerprint density at radius 1 is 0.311 bits per heavy atom. The molecule has 3 heteroatoms. The molecule has 10 aromatic carbocycles. The minimum Gasteiger partial charge on any atom is -0.456 e. The molecule has 0 fully saturated rings. The normalized spacial score (nSPS) is 11.6. The van der Waals surface area contributed by atoms with E-state index in [1.165, 1.54) is 64.3 Å². The van der Waals surface area contributed by atoms with E-state index in [2.05, 4.69) is 217 Å². The number of hydrogen-bond acceptors (Lipinski definition) is 3. The molecule has 0 saturated heterocycles. The monoisotopic (exact) mass is 795 g/mol. The van der Waals surface area contributed by atoms with Crippen LogP contribution in [-0.2, 0) is 0 Å². The van der Waals surface area contributed by atoms with Crippen molar-refractivity contribution in [1.29, 1.82) is 0 Å². The van der Waals surface area contributed by atoms with E-state index < -0.39 is 0 Å². The van der Waals surface area contributed by atoms with Crippen molar-refractivity contribution < 1.29 is 4.42 Å². The molecule has 0 radical (unpaired) electrons. The van der Waals surface area contributed by atoms with Gasteiger partial charge in [-0.15, -0.1) is 11.3 Å². The second-order valence-corrected chi connectivity index (χ2v) is 16.8. The lowest BCUT2D eigenvalue weighted by Gasteiger charge is -2.26. The van der Waals surface area contributed by atoms with Gasteiger partial charge in [-0.05, 0) is 128 Å². The van der Waals surface area contributed by atoms with Crippen LogP contribution in [0.1, 0.15) is 0 Å². The second kappa shape index (κ2) is 14.5. The molecule has 61 heavy (non-hydrogen) atoms. The van der Waals surface area contributed by atoms with Crippen LogP contribution < -0.4 is 4.90 Å². The molecular weight excluding hydrogens is 759 g/mol. The summed E-state index contributed by atoms with van der Waals surface area (Å²) in [5.74, 6) is 0. The molecule has 0 N–H and O–H groups in total. The maximum atomic E-state index is 6.14. The topological polar surface area (TPSA) is 16.4 Å². The highest BCUT2D eigenvalue weighted by molar-refractivity contribution is 7.25. The molecule has 0 aliphatic heterocycles. The summed E-state index contributed by atoms with van der Waals surface area (Å²) in [6.07, 6.45) is 0. The van der Waals surface area contributed by atoms with Crippen molar-refractivity contribution in [2.45, 2.75) is 0 Å². The van der Waals surface area contributed by atoms with Gasteiger partial charge in [0, 0.05) is 48.0 Å². The maximum absolute atomic E-state index is 6.14. The SMILES string of the molecule is c1cc(-c2ccc(N(c3ccc(-c4ccc5oc6ccccc6c5c4)cc3)c3ccc(-c4cccc5sc6ccccc6c45)cc3)cc2)cc(-c2cccc3ccccc23)c1. The zero-order chi connectivity index (χ0) is 40.3. The van der Waals surface area contributed by atoms with Gasteiger partial charge in [-0.3, -0.25) is 0 Å². The molecule has 0 aliphatic carbocycles. The Morgan fingerprint density at radius 2 is 0.836 bits per heavy atom. The van der Waals surface area contributed by atoms with Gasteiger partial charge in [0.15, 0.2) is 0 Å². The number of furan rings is 1. The average Bonchev–Trinajstić information content (AvgIpc) is 3.91. The highest BCUT2D eigenvalue weighted by Crippen LogP contribution is 2.43. The summed E-state index contributed by atoms with van der Waals surface area (Å²) in [5, 5.41) is 7.42. The first-order valence-electron chi connectivity index (χ1n) is 20.7. The zero-order valence-electron chi connectivity index (χ0n) is 33.1. The molecule has 2 nitrogen and oxygen atoms in total. The van der Waals surface area contributed by atoms with Crippen LogP contribution in [-0.4, -0.2) is 0 Å². The molecule has 286 valence electrons. The van der Waals surface area contributed by atoms with Crippen LogP contribution in [0.25, 0.3) is 97.4 Å². The first-order valence-corrected chi connectivity index (χ1v) is 21.5. The summed E-state index contributed by atoms with van der Waals surface area (Å²) in [6.45, 7) is 0. The largest absolute Gasteiger partial charge is 0.456 e.